The van der Waals surface area contributed by atoms with Crippen molar-refractivity contribution in [2.45, 2.75) is 98.3 Å². The maximum absolute atomic E-state index is 12.0. The molecular weight excluding hydrogens is 256 g/mol. The summed E-state index contributed by atoms with van der Waals surface area (Å²) in [6, 6.07) is 0. The molecule has 0 saturated heterocycles. The quantitative estimate of drug-likeness (QED) is 0.422. The van der Waals surface area contributed by atoms with E-state index in [1.165, 1.54) is 57.8 Å². The predicted octanol–water partition coefficient (Wildman–Crippen LogP) is 6.47. The second-order valence-electron chi connectivity index (χ2n) is 7.33. The molecule has 0 aromatic carbocycles. The van der Waals surface area contributed by atoms with Crippen LogP contribution in [0.3, 0.4) is 0 Å². The fourth-order valence-corrected chi connectivity index (χ4v) is 3.59. The summed E-state index contributed by atoms with van der Waals surface area (Å²) >= 11 is 0. The lowest BCUT2D eigenvalue weighted by Gasteiger charge is -2.38. The Hall–Kier alpha value is -0.590. The lowest BCUT2D eigenvalue weighted by atomic mass is 9.66. The molecule has 1 aliphatic carbocycles. The lowest BCUT2D eigenvalue weighted by molar-refractivity contribution is -0.118. The summed E-state index contributed by atoms with van der Waals surface area (Å²) in [6.45, 7) is 8.96. The van der Waals surface area contributed by atoms with Gasteiger partial charge in [-0.25, -0.2) is 0 Å². The summed E-state index contributed by atoms with van der Waals surface area (Å²) in [5.74, 6) is 0.948. The molecular formula is C20H36O. The van der Waals surface area contributed by atoms with Gasteiger partial charge in [0.15, 0.2) is 5.78 Å². The van der Waals surface area contributed by atoms with E-state index in [2.05, 4.69) is 26.8 Å². The fraction of sp³-hybridized carbons (Fsp3) is 0.850. The fourth-order valence-electron chi connectivity index (χ4n) is 3.59. The zero-order valence-corrected chi connectivity index (χ0v) is 14.8. The Balaban J connectivity index is 2.33. The topological polar surface area (TPSA) is 17.1 Å². The van der Waals surface area contributed by atoms with Gasteiger partial charge >= 0.3 is 0 Å². The van der Waals surface area contributed by atoms with Crippen molar-refractivity contribution in [2.24, 2.45) is 11.3 Å². The largest absolute Gasteiger partial charge is 0.295 e. The van der Waals surface area contributed by atoms with Crippen LogP contribution in [-0.4, -0.2) is 5.78 Å². The second-order valence-corrected chi connectivity index (χ2v) is 7.33. The monoisotopic (exact) mass is 292 g/mol. The van der Waals surface area contributed by atoms with Gasteiger partial charge in [-0.15, -0.1) is 0 Å². The maximum Gasteiger partial charge on any atom is 0.158 e. The molecule has 0 aromatic heterocycles. The summed E-state index contributed by atoms with van der Waals surface area (Å²) < 4.78 is 0. The highest BCUT2D eigenvalue weighted by atomic mass is 16.1. The van der Waals surface area contributed by atoms with Gasteiger partial charge in [-0.2, -0.15) is 0 Å². The molecule has 1 aliphatic rings. The van der Waals surface area contributed by atoms with Crippen LogP contribution in [0.1, 0.15) is 98.3 Å². The van der Waals surface area contributed by atoms with E-state index in [1.54, 1.807) is 0 Å². The third-order valence-electron chi connectivity index (χ3n) is 5.72. The normalized spacial score (nSPS) is 22.0. The molecule has 0 aromatic rings. The molecule has 2 atom stereocenters. The minimum atomic E-state index is 0.357. The first-order valence-corrected chi connectivity index (χ1v) is 9.23. The number of carbonyl (C=O) groups is 1. The molecule has 1 nitrogen and oxygen atoms in total. The first-order valence-electron chi connectivity index (χ1n) is 9.23. The van der Waals surface area contributed by atoms with Crippen LogP contribution >= 0.6 is 0 Å². The smallest absolute Gasteiger partial charge is 0.158 e. The summed E-state index contributed by atoms with van der Waals surface area (Å²) in [4.78, 5) is 12.0. The number of carbonyl (C=O) groups excluding carboxylic acids is 1. The Kier molecular flexibility index (Phi) is 8.29. The first-order chi connectivity index (χ1) is 10.0. The van der Waals surface area contributed by atoms with Crippen molar-refractivity contribution in [3.8, 4) is 0 Å². The molecule has 1 heteroatoms. The van der Waals surface area contributed by atoms with E-state index in [0.717, 1.165) is 18.4 Å². The number of Topliss-reactive ketones (excluding diaryl/α,β-unsaturated/α-hetero) is 1. The molecule has 0 bridgehead atoms. The standard InChI is InChI=1S/C20H36O/c1-5-7-8-9-10-11-12-15-20(4,6-2)18-14-13-17(3)19(21)16-18/h13,18H,5-12,14-16H2,1-4H3/t18-,20?/m1/s1. The van der Waals surface area contributed by atoms with Crippen molar-refractivity contribution in [2.75, 3.05) is 0 Å². The van der Waals surface area contributed by atoms with Crippen LogP contribution in [0.4, 0.5) is 0 Å². The number of ketones is 1. The van der Waals surface area contributed by atoms with Crippen LogP contribution in [0.25, 0.3) is 0 Å². The number of hydrogen-bond acceptors (Lipinski definition) is 1. The molecule has 21 heavy (non-hydrogen) atoms. The van der Waals surface area contributed by atoms with E-state index in [4.69, 9.17) is 0 Å². The van der Waals surface area contributed by atoms with E-state index >= 15 is 0 Å². The van der Waals surface area contributed by atoms with Crippen molar-refractivity contribution >= 4 is 5.78 Å². The van der Waals surface area contributed by atoms with Gasteiger partial charge in [0.05, 0.1) is 0 Å². The van der Waals surface area contributed by atoms with Gasteiger partial charge in [0.2, 0.25) is 0 Å². The first kappa shape index (κ1) is 18.5. The van der Waals surface area contributed by atoms with E-state index < -0.39 is 0 Å². The highest BCUT2D eigenvalue weighted by Crippen LogP contribution is 2.43. The van der Waals surface area contributed by atoms with Crippen LogP contribution in [0, 0.1) is 11.3 Å². The molecule has 0 amide bonds. The minimum absolute atomic E-state index is 0.357. The predicted molar refractivity (Wildman–Crippen MR) is 92.5 cm³/mol. The molecule has 1 unspecified atom stereocenters. The molecule has 1 rings (SSSR count). The van der Waals surface area contributed by atoms with Crippen molar-refractivity contribution in [3.05, 3.63) is 11.6 Å². The molecule has 0 N–H and O–H groups in total. The molecule has 0 radical (unpaired) electrons. The van der Waals surface area contributed by atoms with Crippen molar-refractivity contribution in [1.29, 1.82) is 0 Å². The SMILES string of the molecule is CCCCCCCCCC(C)(CC)[C@@H]1CC=C(C)C(=O)C1. The zero-order valence-electron chi connectivity index (χ0n) is 14.8. The van der Waals surface area contributed by atoms with Crippen LogP contribution in [0.5, 0.6) is 0 Å². The van der Waals surface area contributed by atoms with Gasteiger partial charge in [-0.1, -0.05) is 78.2 Å². The van der Waals surface area contributed by atoms with Crippen LogP contribution in [0.2, 0.25) is 0 Å². The Labute approximate surface area is 132 Å². The molecule has 122 valence electrons. The second kappa shape index (κ2) is 9.43. The molecule has 0 heterocycles. The maximum atomic E-state index is 12.0. The van der Waals surface area contributed by atoms with Crippen molar-refractivity contribution in [3.63, 3.8) is 0 Å². The van der Waals surface area contributed by atoms with E-state index in [-0.39, 0.29) is 0 Å². The van der Waals surface area contributed by atoms with Gasteiger partial charge < -0.3 is 0 Å². The Bertz CT molecular complexity index is 342. The van der Waals surface area contributed by atoms with E-state index in [0.29, 0.717) is 17.1 Å². The number of allylic oxidation sites excluding steroid dienone is 2. The molecule has 0 fully saturated rings. The van der Waals surface area contributed by atoms with Gasteiger partial charge in [-0.3, -0.25) is 4.79 Å². The van der Waals surface area contributed by atoms with Gasteiger partial charge in [0, 0.05) is 6.42 Å². The molecule has 0 aliphatic heterocycles. The highest BCUT2D eigenvalue weighted by Gasteiger charge is 2.34. The highest BCUT2D eigenvalue weighted by molar-refractivity contribution is 5.95. The Morgan fingerprint density at radius 1 is 1.10 bits per heavy atom. The third-order valence-corrected chi connectivity index (χ3v) is 5.72. The molecule has 0 saturated carbocycles. The average Bonchev–Trinajstić information content (AvgIpc) is 2.49. The van der Waals surface area contributed by atoms with E-state index in [1.807, 2.05) is 6.92 Å². The van der Waals surface area contributed by atoms with Crippen LogP contribution in [0.15, 0.2) is 11.6 Å². The Morgan fingerprint density at radius 3 is 2.29 bits per heavy atom. The molecule has 0 spiro atoms. The average molecular weight is 293 g/mol. The number of rotatable bonds is 10. The van der Waals surface area contributed by atoms with Crippen molar-refractivity contribution in [1.82, 2.24) is 0 Å². The van der Waals surface area contributed by atoms with Gasteiger partial charge in [-0.05, 0) is 36.7 Å². The third kappa shape index (κ3) is 5.96. The summed E-state index contributed by atoms with van der Waals surface area (Å²) in [5.41, 5.74) is 1.34. The summed E-state index contributed by atoms with van der Waals surface area (Å²) in [6.07, 6.45) is 16.2. The van der Waals surface area contributed by atoms with E-state index in [9.17, 15) is 4.79 Å². The van der Waals surface area contributed by atoms with Crippen molar-refractivity contribution < 1.29 is 4.79 Å². The lowest BCUT2D eigenvalue weighted by Crippen LogP contribution is -2.31. The van der Waals surface area contributed by atoms with Gasteiger partial charge in [0.1, 0.15) is 0 Å². The number of hydrogen-bond donors (Lipinski definition) is 0. The Morgan fingerprint density at radius 2 is 1.71 bits per heavy atom. The van der Waals surface area contributed by atoms with Crippen LogP contribution < -0.4 is 0 Å². The zero-order chi connectivity index (χ0) is 15.7. The summed E-state index contributed by atoms with van der Waals surface area (Å²) in [5, 5.41) is 0. The number of unbranched alkanes of at least 4 members (excludes halogenated alkanes) is 6. The minimum Gasteiger partial charge on any atom is -0.295 e. The summed E-state index contributed by atoms with van der Waals surface area (Å²) in [7, 11) is 0. The van der Waals surface area contributed by atoms with Gasteiger partial charge in [0.25, 0.3) is 0 Å². The van der Waals surface area contributed by atoms with Crippen LogP contribution in [-0.2, 0) is 4.79 Å².